The Hall–Kier alpha value is -4.33. The van der Waals surface area contributed by atoms with Gasteiger partial charge in [-0.15, -0.1) is 0 Å². The van der Waals surface area contributed by atoms with Crippen molar-refractivity contribution >= 4 is 27.6 Å². The highest BCUT2D eigenvalue weighted by molar-refractivity contribution is 7.89. The summed E-state index contributed by atoms with van der Waals surface area (Å²) in [4.78, 5) is 23.3. The van der Waals surface area contributed by atoms with E-state index >= 15 is 0 Å². The van der Waals surface area contributed by atoms with Gasteiger partial charge in [-0.2, -0.15) is 19.9 Å². The Morgan fingerprint density at radius 1 is 1.21 bits per heavy atom. The van der Waals surface area contributed by atoms with E-state index in [1.807, 2.05) is 0 Å². The Kier molecular flexibility index (Phi) is 7.04. The van der Waals surface area contributed by atoms with E-state index in [0.29, 0.717) is 48.0 Å². The molecule has 0 bridgehead atoms. The second-order valence-corrected chi connectivity index (χ2v) is 12.0. The maximum absolute atomic E-state index is 12.7. The molecule has 1 N–H and O–H groups in total. The number of rotatable bonds is 8. The van der Waals surface area contributed by atoms with Crippen molar-refractivity contribution in [1.82, 2.24) is 29.0 Å². The average Bonchev–Trinajstić information content (AvgIpc) is 3.61. The van der Waals surface area contributed by atoms with Gasteiger partial charge in [0.1, 0.15) is 5.54 Å². The van der Waals surface area contributed by atoms with Crippen molar-refractivity contribution < 1.29 is 13.2 Å². The van der Waals surface area contributed by atoms with E-state index in [9.17, 15) is 18.5 Å². The fraction of sp³-hybridized carbons (Fsp3) is 0.385. The first-order valence-electron chi connectivity index (χ1n) is 12.6. The number of amides is 1. The first kappa shape index (κ1) is 26.3. The van der Waals surface area contributed by atoms with Crippen LogP contribution in [0.15, 0.2) is 48.9 Å². The molecule has 2 aromatic heterocycles. The van der Waals surface area contributed by atoms with Gasteiger partial charge in [0.05, 0.1) is 42.1 Å². The van der Waals surface area contributed by atoms with Gasteiger partial charge < -0.3 is 10.2 Å². The van der Waals surface area contributed by atoms with Gasteiger partial charge in [-0.3, -0.25) is 9.48 Å². The number of carbonyl (C=O) groups is 1. The lowest BCUT2D eigenvalue weighted by atomic mass is 9.89. The summed E-state index contributed by atoms with van der Waals surface area (Å²) in [7, 11) is -3.33. The van der Waals surface area contributed by atoms with Gasteiger partial charge in [-0.25, -0.2) is 18.4 Å². The number of aromatic nitrogens is 4. The lowest BCUT2D eigenvalue weighted by Crippen LogP contribution is -2.64. The number of likely N-dealkylation sites (tertiary alicyclic amines) is 1. The summed E-state index contributed by atoms with van der Waals surface area (Å²) in [5.74, 6) is 0.164. The molecule has 39 heavy (non-hydrogen) atoms. The fourth-order valence-electron chi connectivity index (χ4n) is 4.83. The van der Waals surface area contributed by atoms with Gasteiger partial charge in [0.2, 0.25) is 16.0 Å². The number of nitriles is 2. The number of hydrogen-bond acceptors (Lipinski definition) is 9. The van der Waals surface area contributed by atoms with Crippen LogP contribution in [0.1, 0.15) is 30.1 Å². The number of nitrogens with zero attached hydrogens (tertiary/aromatic N) is 8. The molecule has 1 atom stereocenters. The van der Waals surface area contributed by atoms with Crippen molar-refractivity contribution in [2.24, 2.45) is 5.92 Å². The van der Waals surface area contributed by atoms with Crippen LogP contribution >= 0.6 is 0 Å². The Bertz CT molecular complexity index is 1560. The third-order valence-electron chi connectivity index (χ3n) is 7.17. The molecule has 3 aromatic rings. The number of hydrogen-bond donors (Lipinski definition) is 1. The summed E-state index contributed by atoms with van der Waals surface area (Å²) in [6, 6.07) is 13.1. The summed E-state index contributed by atoms with van der Waals surface area (Å²) in [5.41, 5.74) is 1.85. The van der Waals surface area contributed by atoms with Crippen molar-refractivity contribution in [3.8, 4) is 23.4 Å². The molecular weight excluding hydrogens is 518 g/mol. The molecule has 0 aliphatic carbocycles. The van der Waals surface area contributed by atoms with Crippen LogP contribution in [0.2, 0.25) is 0 Å². The predicted molar refractivity (Wildman–Crippen MR) is 142 cm³/mol. The summed E-state index contributed by atoms with van der Waals surface area (Å²) < 4.78 is 27.5. The number of anilines is 2. The SMILES string of the molecule is CCS(=O)(=O)N1CC(CC#N)(n2cc(-c3ccnc(Nc4ccc(C(=O)N5CCC(C#N)C5)cc4)n3)cn2)C1. The maximum Gasteiger partial charge on any atom is 0.253 e. The third-order valence-corrected chi connectivity index (χ3v) is 8.95. The van der Waals surface area contributed by atoms with Gasteiger partial charge >= 0.3 is 0 Å². The molecule has 1 amide bonds. The number of nitrogens with one attached hydrogen (secondary N) is 1. The van der Waals surface area contributed by atoms with Crippen molar-refractivity contribution in [2.45, 2.75) is 25.3 Å². The number of sulfonamides is 1. The van der Waals surface area contributed by atoms with Crippen LogP contribution in [0.3, 0.4) is 0 Å². The van der Waals surface area contributed by atoms with Gasteiger partial charge in [0, 0.05) is 55.4 Å². The summed E-state index contributed by atoms with van der Waals surface area (Å²) in [5, 5.41) is 26.0. The minimum atomic E-state index is -3.33. The summed E-state index contributed by atoms with van der Waals surface area (Å²) in [6.07, 6.45) is 5.86. The van der Waals surface area contributed by atoms with Crippen LogP contribution < -0.4 is 5.32 Å². The Morgan fingerprint density at radius 2 is 1.97 bits per heavy atom. The second-order valence-electron chi connectivity index (χ2n) is 9.74. The molecule has 0 radical (unpaired) electrons. The molecule has 13 heteroatoms. The second kappa shape index (κ2) is 10.4. The zero-order valence-corrected chi connectivity index (χ0v) is 22.2. The smallest absolute Gasteiger partial charge is 0.253 e. The van der Waals surface area contributed by atoms with E-state index in [2.05, 4.69) is 32.5 Å². The summed E-state index contributed by atoms with van der Waals surface area (Å²) >= 11 is 0. The van der Waals surface area contributed by atoms with E-state index in [1.54, 1.807) is 65.4 Å². The highest BCUT2D eigenvalue weighted by Gasteiger charge is 2.49. The maximum atomic E-state index is 12.7. The third kappa shape index (κ3) is 5.19. The zero-order chi connectivity index (χ0) is 27.6. The fourth-order valence-corrected chi connectivity index (χ4v) is 6.07. The summed E-state index contributed by atoms with van der Waals surface area (Å²) in [6.45, 7) is 3.04. The zero-order valence-electron chi connectivity index (χ0n) is 21.4. The first-order chi connectivity index (χ1) is 18.8. The molecule has 4 heterocycles. The number of carbonyl (C=O) groups excluding carboxylic acids is 1. The molecule has 12 nitrogen and oxygen atoms in total. The van der Waals surface area contributed by atoms with Gasteiger partial charge in [0.15, 0.2) is 0 Å². The molecule has 0 spiro atoms. The van der Waals surface area contributed by atoms with E-state index in [4.69, 9.17) is 5.26 Å². The van der Waals surface area contributed by atoms with Gasteiger partial charge in [-0.1, -0.05) is 0 Å². The Balaban J connectivity index is 1.28. The predicted octanol–water partition coefficient (Wildman–Crippen LogP) is 2.34. The van der Waals surface area contributed by atoms with E-state index in [-0.39, 0.29) is 37.1 Å². The van der Waals surface area contributed by atoms with Crippen molar-refractivity contribution in [3.63, 3.8) is 0 Å². The Labute approximate surface area is 226 Å². The first-order valence-corrected chi connectivity index (χ1v) is 14.2. The van der Waals surface area contributed by atoms with Crippen LogP contribution in [-0.4, -0.2) is 75.2 Å². The van der Waals surface area contributed by atoms with Crippen molar-refractivity contribution in [3.05, 3.63) is 54.5 Å². The molecule has 2 fully saturated rings. The van der Waals surface area contributed by atoms with Crippen LogP contribution in [0, 0.1) is 28.6 Å². The molecular formula is C26H27N9O3S. The minimum Gasteiger partial charge on any atom is -0.337 e. The van der Waals surface area contributed by atoms with Crippen LogP contribution in [-0.2, 0) is 15.6 Å². The topological polar surface area (TPSA) is 161 Å². The molecule has 2 aliphatic rings. The van der Waals surface area contributed by atoms with E-state index < -0.39 is 15.6 Å². The monoisotopic (exact) mass is 545 g/mol. The van der Waals surface area contributed by atoms with Gasteiger partial charge in [0.25, 0.3) is 5.91 Å². The van der Waals surface area contributed by atoms with Gasteiger partial charge in [-0.05, 0) is 43.7 Å². The highest BCUT2D eigenvalue weighted by Crippen LogP contribution is 2.35. The number of benzene rings is 1. The van der Waals surface area contributed by atoms with Crippen LogP contribution in [0.25, 0.3) is 11.3 Å². The largest absolute Gasteiger partial charge is 0.337 e. The minimum absolute atomic E-state index is 0.0109. The van der Waals surface area contributed by atoms with Crippen molar-refractivity contribution in [2.75, 3.05) is 37.2 Å². The van der Waals surface area contributed by atoms with E-state index in [0.717, 1.165) is 0 Å². The molecule has 5 rings (SSSR count). The normalized spacial score (nSPS) is 18.6. The molecule has 2 saturated heterocycles. The highest BCUT2D eigenvalue weighted by atomic mass is 32.2. The lowest BCUT2D eigenvalue weighted by Gasteiger charge is -2.47. The molecule has 1 aromatic carbocycles. The Morgan fingerprint density at radius 3 is 2.64 bits per heavy atom. The molecule has 200 valence electrons. The molecule has 0 saturated carbocycles. The van der Waals surface area contributed by atoms with Crippen LogP contribution in [0.5, 0.6) is 0 Å². The quantitative estimate of drug-likeness (QED) is 0.448. The average molecular weight is 546 g/mol. The lowest BCUT2D eigenvalue weighted by molar-refractivity contribution is 0.0719. The standard InChI is InChI=1S/C26H27N9O3S/c1-2-39(37,38)34-17-26(18-34,9-10-27)35-16-21(14-30-35)23-7-11-29-25(32-23)31-22-5-3-20(4-6-22)24(36)33-12-8-19(13-28)15-33/h3-7,11,14,16,19H,2,8-9,12,15,17-18H2,1H3,(H,29,31,32). The van der Waals surface area contributed by atoms with Crippen LogP contribution in [0.4, 0.5) is 11.6 Å². The van der Waals surface area contributed by atoms with Crippen molar-refractivity contribution in [1.29, 1.82) is 10.5 Å². The van der Waals surface area contributed by atoms with E-state index in [1.165, 1.54) is 4.31 Å². The molecule has 1 unspecified atom stereocenters. The molecule has 2 aliphatic heterocycles.